The molecule has 0 spiro atoms. The predicted molar refractivity (Wildman–Crippen MR) is 174 cm³/mol. The molecule has 2 amide bonds. The van der Waals surface area contributed by atoms with Crippen molar-refractivity contribution in [1.29, 1.82) is 0 Å². The summed E-state index contributed by atoms with van der Waals surface area (Å²) in [5.41, 5.74) is 0. The first-order valence-electron chi connectivity index (χ1n) is 17.5. The third kappa shape index (κ3) is 27.2. The number of amides is 2. The van der Waals surface area contributed by atoms with Crippen LogP contribution in [0.3, 0.4) is 0 Å². The molecule has 0 aliphatic carbocycles. The molecule has 0 aliphatic rings. The van der Waals surface area contributed by atoms with Crippen molar-refractivity contribution in [3.8, 4) is 0 Å². The SMILES string of the molecule is CCCCCCCCCCCCCC(=O)N(CCOP(=O)(O)OC[C@H](O)CO)C(=O)CCCCCCCCCCCCC. The van der Waals surface area contributed by atoms with Crippen molar-refractivity contribution in [1.82, 2.24) is 4.90 Å². The van der Waals surface area contributed by atoms with Crippen LogP contribution >= 0.6 is 7.82 Å². The van der Waals surface area contributed by atoms with E-state index in [4.69, 9.17) is 9.63 Å². The molecule has 1 unspecified atom stereocenters. The zero-order valence-corrected chi connectivity index (χ0v) is 28.5. The molecule has 2 atom stereocenters. The number of imide groups is 1. The minimum Gasteiger partial charge on any atom is -0.394 e. The first-order valence-corrected chi connectivity index (χ1v) is 19.0. The van der Waals surface area contributed by atoms with E-state index in [-0.39, 0.29) is 37.8 Å². The Morgan fingerprint density at radius 3 is 1.33 bits per heavy atom. The summed E-state index contributed by atoms with van der Waals surface area (Å²) in [6.07, 6.45) is 25.0. The molecule has 0 radical (unpaired) electrons. The third-order valence-corrected chi connectivity index (χ3v) is 8.78. The number of carbonyl (C=O) groups excluding carboxylic acids is 2. The topological polar surface area (TPSA) is 134 Å². The largest absolute Gasteiger partial charge is 0.472 e. The second-order valence-corrected chi connectivity index (χ2v) is 13.4. The van der Waals surface area contributed by atoms with E-state index in [1.807, 2.05) is 0 Å². The van der Waals surface area contributed by atoms with E-state index in [1.54, 1.807) is 0 Å². The Hall–Kier alpha value is -0.830. The number of phosphoric ester groups is 1. The molecule has 0 aliphatic heterocycles. The van der Waals surface area contributed by atoms with Gasteiger partial charge in [-0.25, -0.2) is 4.57 Å². The van der Waals surface area contributed by atoms with Crippen LogP contribution in [0.1, 0.15) is 168 Å². The van der Waals surface area contributed by atoms with Crippen LogP contribution in [0, 0.1) is 0 Å². The number of unbranched alkanes of at least 4 members (excludes halogenated alkanes) is 20. The van der Waals surface area contributed by atoms with E-state index in [9.17, 15) is 24.2 Å². The maximum absolute atomic E-state index is 13.0. The maximum Gasteiger partial charge on any atom is 0.472 e. The van der Waals surface area contributed by atoms with Gasteiger partial charge in [-0.3, -0.25) is 23.5 Å². The average Bonchev–Trinajstić information content (AvgIpc) is 2.99. The quantitative estimate of drug-likeness (QED) is 0.0497. The molecule has 0 fully saturated rings. The molecule has 0 saturated carbocycles. The first-order chi connectivity index (χ1) is 20.8. The van der Waals surface area contributed by atoms with Gasteiger partial charge in [0.1, 0.15) is 6.10 Å². The van der Waals surface area contributed by atoms with Gasteiger partial charge in [0, 0.05) is 12.8 Å². The van der Waals surface area contributed by atoms with Crippen molar-refractivity contribution in [3.05, 3.63) is 0 Å². The molecule has 0 saturated heterocycles. The van der Waals surface area contributed by atoms with Crippen LogP contribution in [-0.2, 0) is 23.2 Å². The Bertz CT molecular complexity index is 670. The lowest BCUT2D eigenvalue weighted by atomic mass is 10.0. The van der Waals surface area contributed by atoms with Crippen LogP contribution in [0.2, 0.25) is 0 Å². The fraction of sp³-hybridized carbons (Fsp3) is 0.939. The Balaban J connectivity index is 4.48. The Morgan fingerprint density at radius 2 is 0.977 bits per heavy atom. The fourth-order valence-electron chi connectivity index (χ4n) is 5.06. The number of nitrogens with zero attached hydrogens (tertiary/aromatic N) is 1. The molecular weight excluding hydrogens is 569 g/mol. The molecule has 0 aromatic carbocycles. The first kappa shape index (κ1) is 42.2. The monoisotopic (exact) mass is 635 g/mol. The molecular formula is C33H66NO8P. The molecule has 3 N–H and O–H groups in total. The molecule has 10 heteroatoms. The highest BCUT2D eigenvalue weighted by atomic mass is 31.2. The minimum atomic E-state index is -4.49. The number of phosphoric acid groups is 1. The van der Waals surface area contributed by atoms with Crippen molar-refractivity contribution < 1.29 is 38.3 Å². The smallest absolute Gasteiger partial charge is 0.394 e. The predicted octanol–water partition coefficient (Wildman–Crippen LogP) is 8.23. The summed E-state index contributed by atoms with van der Waals surface area (Å²) in [7, 11) is -4.49. The lowest BCUT2D eigenvalue weighted by Crippen LogP contribution is -2.39. The van der Waals surface area contributed by atoms with Crippen molar-refractivity contribution in [2.45, 2.75) is 174 Å². The Labute approximate surface area is 263 Å². The highest BCUT2D eigenvalue weighted by Gasteiger charge is 2.25. The number of hydrogen-bond acceptors (Lipinski definition) is 7. The van der Waals surface area contributed by atoms with Gasteiger partial charge in [0.05, 0.1) is 26.4 Å². The van der Waals surface area contributed by atoms with Gasteiger partial charge in [0.2, 0.25) is 11.8 Å². The zero-order chi connectivity index (χ0) is 32.0. The normalized spacial score (nSPS) is 13.6. The summed E-state index contributed by atoms with van der Waals surface area (Å²) in [5, 5.41) is 18.2. The van der Waals surface area contributed by atoms with Gasteiger partial charge >= 0.3 is 7.82 Å². The molecule has 0 bridgehead atoms. The summed E-state index contributed by atoms with van der Waals surface area (Å²) in [5.74, 6) is -0.561. The third-order valence-electron chi connectivity index (χ3n) is 7.80. The van der Waals surface area contributed by atoms with Gasteiger partial charge in [-0.05, 0) is 12.8 Å². The minimum absolute atomic E-state index is 0.135. The van der Waals surface area contributed by atoms with Crippen LogP contribution in [0.4, 0.5) is 0 Å². The van der Waals surface area contributed by atoms with Crippen LogP contribution in [0.15, 0.2) is 0 Å². The van der Waals surface area contributed by atoms with E-state index >= 15 is 0 Å². The van der Waals surface area contributed by atoms with Crippen LogP contribution in [-0.4, -0.2) is 64.3 Å². The molecule has 0 aromatic rings. The van der Waals surface area contributed by atoms with Crippen LogP contribution < -0.4 is 0 Å². The summed E-state index contributed by atoms with van der Waals surface area (Å²) in [4.78, 5) is 36.9. The van der Waals surface area contributed by atoms with Crippen molar-refractivity contribution in [2.75, 3.05) is 26.4 Å². The second kappa shape index (κ2) is 29.9. The number of hydrogen-bond donors (Lipinski definition) is 3. The summed E-state index contributed by atoms with van der Waals surface area (Å²) < 4.78 is 21.6. The average molecular weight is 636 g/mol. The van der Waals surface area contributed by atoms with Gasteiger partial charge in [0.15, 0.2) is 0 Å². The van der Waals surface area contributed by atoms with E-state index in [0.29, 0.717) is 12.8 Å². The van der Waals surface area contributed by atoms with Gasteiger partial charge < -0.3 is 15.1 Å². The van der Waals surface area contributed by atoms with Gasteiger partial charge in [0.25, 0.3) is 0 Å². The summed E-state index contributed by atoms with van der Waals surface area (Å²) in [6, 6.07) is 0. The molecule has 0 aromatic heterocycles. The second-order valence-electron chi connectivity index (χ2n) is 11.9. The molecule has 0 rings (SSSR count). The number of aliphatic hydroxyl groups excluding tert-OH is 2. The lowest BCUT2D eigenvalue weighted by molar-refractivity contribution is -0.145. The van der Waals surface area contributed by atoms with Gasteiger partial charge in [-0.2, -0.15) is 0 Å². The standard InChI is InChI=1S/C33H66NO8P/c1-3-5-7-9-11-13-15-17-19-21-23-25-32(37)34(27-28-41-43(39,40)42-30-31(36)29-35)33(38)26-24-22-20-18-16-14-12-10-8-6-4-2/h31,35-36H,3-30H2,1-2H3,(H,39,40)/t31-/m1/s1. The fourth-order valence-corrected chi connectivity index (χ4v) is 5.80. The van der Waals surface area contributed by atoms with Gasteiger partial charge in [-0.15, -0.1) is 0 Å². The number of carbonyl (C=O) groups is 2. The van der Waals surface area contributed by atoms with Gasteiger partial charge in [-0.1, -0.05) is 142 Å². The van der Waals surface area contributed by atoms with E-state index in [0.717, 1.165) is 43.4 Å². The van der Waals surface area contributed by atoms with Crippen molar-refractivity contribution in [3.63, 3.8) is 0 Å². The van der Waals surface area contributed by atoms with Crippen molar-refractivity contribution >= 4 is 19.6 Å². The molecule has 43 heavy (non-hydrogen) atoms. The molecule has 9 nitrogen and oxygen atoms in total. The number of aliphatic hydroxyl groups is 2. The van der Waals surface area contributed by atoms with Crippen molar-refractivity contribution in [2.24, 2.45) is 0 Å². The summed E-state index contributed by atoms with van der Waals surface area (Å²) >= 11 is 0. The number of rotatable bonds is 32. The highest BCUT2D eigenvalue weighted by molar-refractivity contribution is 7.47. The molecule has 0 heterocycles. The lowest BCUT2D eigenvalue weighted by Gasteiger charge is -2.22. The van der Waals surface area contributed by atoms with Crippen LogP contribution in [0.5, 0.6) is 0 Å². The van der Waals surface area contributed by atoms with E-state index < -0.39 is 27.1 Å². The maximum atomic E-state index is 13.0. The molecule has 256 valence electrons. The van der Waals surface area contributed by atoms with Crippen LogP contribution in [0.25, 0.3) is 0 Å². The van der Waals surface area contributed by atoms with E-state index in [2.05, 4.69) is 18.4 Å². The zero-order valence-electron chi connectivity index (χ0n) is 27.7. The Kier molecular flexibility index (Phi) is 29.3. The summed E-state index contributed by atoms with van der Waals surface area (Å²) in [6.45, 7) is 2.79. The van der Waals surface area contributed by atoms with E-state index in [1.165, 1.54) is 89.9 Å². The Morgan fingerprint density at radius 1 is 0.628 bits per heavy atom. The highest BCUT2D eigenvalue weighted by Crippen LogP contribution is 2.43.